The van der Waals surface area contributed by atoms with E-state index in [2.05, 4.69) is 0 Å². The molecule has 1 nitrogen and oxygen atoms in total. The minimum atomic E-state index is -0.401. The Morgan fingerprint density at radius 3 is 2.12 bits per heavy atom. The Balaban J connectivity index is 0.00000144. The van der Waals surface area contributed by atoms with Crippen molar-refractivity contribution in [1.29, 1.82) is 0 Å². The van der Waals surface area contributed by atoms with Crippen molar-refractivity contribution in [2.45, 2.75) is 6.54 Å². The smallest absolute Gasteiger partial charge is 0.142 e. The summed E-state index contributed by atoms with van der Waals surface area (Å²) in [5.41, 5.74) is 8.32. The van der Waals surface area contributed by atoms with Crippen LogP contribution in [0.1, 0.15) is 5.56 Å². The predicted octanol–water partition coefficient (Wildman–Crippen LogP) is 4.03. The van der Waals surface area contributed by atoms with Crippen LogP contribution in [0.15, 0.2) is 42.5 Å². The van der Waals surface area contributed by atoms with Crippen LogP contribution in [0.4, 0.5) is 4.39 Å². The standard InChI is InChI=1S/C13H11ClFN.ClH/c14-12-6-5-11(7-13(12)15)10-3-1-9(8-16)2-4-10;/h1-7H,8,16H2;1H. The molecule has 0 saturated carbocycles. The van der Waals surface area contributed by atoms with Gasteiger partial charge in [-0.05, 0) is 28.8 Å². The largest absolute Gasteiger partial charge is 0.326 e. The summed E-state index contributed by atoms with van der Waals surface area (Å²) in [7, 11) is 0. The van der Waals surface area contributed by atoms with E-state index in [9.17, 15) is 4.39 Å². The van der Waals surface area contributed by atoms with Crippen LogP contribution in [0.2, 0.25) is 5.02 Å². The lowest BCUT2D eigenvalue weighted by molar-refractivity contribution is 0.629. The molecule has 2 aromatic carbocycles. The van der Waals surface area contributed by atoms with Gasteiger partial charge >= 0.3 is 0 Å². The molecule has 0 spiro atoms. The van der Waals surface area contributed by atoms with Gasteiger partial charge in [0.25, 0.3) is 0 Å². The molecule has 0 aromatic heterocycles. The highest BCUT2D eigenvalue weighted by Crippen LogP contribution is 2.24. The van der Waals surface area contributed by atoms with Crippen molar-refractivity contribution in [3.05, 3.63) is 58.9 Å². The number of benzene rings is 2. The van der Waals surface area contributed by atoms with Gasteiger partial charge in [-0.3, -0.25) is 0 Å². The summed E-state index contributed by atoms with van der Waals surface area (Å²) < 4.78 is 13.3. The Morgan fingerprint density at radius 1 is 1.00 bits per heavy atom. The lowest BCUT2D eigenvalue weighted by atomic mass is 10.0. The van der Waals surface area contributed by atoms with E-state index in [0.717, 1.165) is 16.7 Å². The highest BCUT2D eigenvalue weighted by molar-refractivity contribution is 6.30. The highest BCUT2D eigenvalue weighted by atomic mass is 35.5. The maximum absolute atomic E-state index is 13.3. The zero-order valence-corrected chi connectivity index (χ0v) is 10.6. The zero-order valence-electron chi connectivity index (χ0n) is 8.99. The first kappa shape index (κ1) is 14.0. The average Bonchev–Trinajstić information content (AvgIpc) is 2.33. The molecule has 2 N–H and O–H groups in total. The molecular formula is C13H12Cl2FN. The number of hydrogen-bond acceptors (Lipinski definition) is 1. The number of nitrogens with two attached hydrogens (primary N) is 1. The second-order valence-corrected chi connectivity index (χ2v) is 3.94. The quantitative estimate of drug-likeness (QED) is 0.877. The molecule has 0 unspecified atom stereocenters. The molecule has 0 heterocycles. The predicted molar refractivity (Wildman–Crippen MR) is 72.0 cm³/mol. The molecule has 90 valence electrons. The molecule has 0 saturated heterocycles. The maximum atomic E-state index is 13.3. The van der Waals surface area contributed by atoms with Crippen LogP contribution < -0.4 is 5.73 Å². The highest BCUT2D eigenvalue weighted by Gasteiger charge is 2.02. The second-order valence-electron chi connectivity index (χ2n) is 3.53. The molecular weight excluding hydrogens is 260 g/mol. The van der Waals surface area contributed by atoms with Crippen molar-refractivity contribution < 1.29 is 4.39 Å². The molecule has 17 heavy (non-hydrogen) atoms. The van der Waals surface area contributed by atoms with E-state index in [1.807, 2.05) is 24.3 Å². The van der Waals surface area contributed by atoms with Crippen LogP contribution in [-0.2, 0) is 6.54 Å². The van der Waals surface area contributed by atoms with Gasteiger partial charge in [0.15, 0.2) is 0 Å². The number of halogens is 3. The van der Waals surface area contributed by atoms with Gasteiger partial charge in [0.1, 0.15) is 5.82 Å². The molecule has 0 radical (unpaired) electrons. The Bertz CT molecular complexity index is 497. The van der Waals surface area contributed by atoms with Crippen molar-refractivity contribution in [2.24, 2.45) is 5.73 Å². The van der Waals surface area contributed by atoms with Crippen molar-refractivity contribution in [3.8, 4) is 11.1 Å². The summed E-state index contributed by atoms with van der Waals surface area (Å²) in [6.07, 6.45) is 0. The Labute approximate surface area is 111 Å². The fourth-order valence-electron chi connectivity index (χ4n) is 1.51. The topological polar surface area (TPSA) is 26.0 Å². The van der Waals surface area contributed by atoms with E-state index >= 15 is 0 Å². The third-order valence-corrected chi connectivity index (χ3v) is 2.75. The van der Waals surface area contributed by atoms with Crippen LogP contribution in [-0.4, -0.2) is 0 Å². The van der Waals surface area contributed by atoms with Gasteiger partial charge in [-0.25, -0.2) is 4.39 Å². The van der Waals surface area contributed by atoms with Gasteiger partial charge in [0.2, 0.25) is 0 Å². The second kappa shape index (κ2) is 6.01. The van der Waals surface area contributed by atoms with Crippen LogP contribution >= 0.6 is 24.0 Å². The summed E-state index contributed by atoms with van der Waals surface area (Å²) in [5.74, 6) is -0.401. The van der Waals surface area contributed by atoms with E-state index in [1.54, 1.807) is 12.1 Å². The maximum Gasteiger partial charge on any atom is 0.142 e. The van der Waals surface area contributed by atoms with Crippen molar-refractivity contribution in [3.63, 3.8) is 0 Å². The van der Waals surface area contributed by atoms with E-state index in [1.165, 1.54) is 6.07 Å². The van der Waals surface area contributed by atoms with Crippen molar-refractivity contribution in [2.75, 3.05) is 0 Å². The minimum Gasteiger partial charge on any atom is -0.326 e. The van der Waals surface area contributed by atoms with Crippen LogP contribution in [0.3, 0.4) is 0 Å². The summed E-state index contributed by atoms with van der Waals surface area (Å²) in [6, 6.07) is 12.5. The van der Waals surface area contributed by atoms with Gasteiger partial charge < -0.3 is 5.73 Å². The summed E-state index contributed by atoms with van der Waals surface area (Å²) in [4.78, 5) is 0. The molecule has 0 atom stereocenters. The van der Waals surface area contributed by atoms with Crippen molar-refractivity contribution in [1.82, 2.24) is 0 Å². The van der Waals surface area contributed by atoms with Gasteiger partial charge in [0, 0.05) is 6.54 Å². The Morgan fingerprint density at radius 2 is 1.59 bits per heavy atom. The van der Waals surface area contributed by atoms with Gasteiger partial charge in [-0.15, -0.1) is 12.4 Å². The van der Waals surface area contributed by atoms with Crippen LogP contribution in [0.5, 0.6) is 0 Å². The molecule has 2 aromatic rings. The Kier molecular flexibility index (Phi) is 4.94. The first-order chi connectivity index (χ1) is 7.70. The molecule has 0 fully saturated rings. The minimum absolute atomic E-state index is 0. The summed E-state index contributed by atoms with van der Waals surface area (Å²) in [6.45, 7) is 0.509. The summed E-state index contributed by atoms with van der Waals surface area (Å²) in [5, 5.41) is 0.141. The fourth-order valence-corrected chi connectivity index (χ4v) is 1.63. The Hall–Kier alpha value is -1.09. The average molecular weight is 272 g/mol. The van der Waals surface area contributed by atoms with Crippen LogP contribution in [0, 0.1) is 5.82 Å². The van der Waals surface area contributed by atoms with E-state index in [-0.39, 0.29) is 17.4 Å². The molecule has 2 rings (SSSR count). The first-order valence-electron chi connectivity index (χ1n) is 4.95. The number of rotatable bonds is 2. The normalized spacial score (nSPS) is 9.82. The third-order valence-electron chi connectivity index (χ3n) is 2.44. The molecule has 0 aliphatic rings. The molecule has 4 heteroatoms. The van der Waals surface area contributed by atoms with Crippen LogP contribution in [0.25, 0.3) is 11.1 Å². The molecule has 0 aliphatic heterocycles. The molecule has 0 bridgehead atoms. The monoisotopic (exact) mass is 271 g/mol. The SMILES string of the molecule is Cl.NCc1ccc(-c2ccc(Cl)c(F)c2)cc1. The van der Waals surface area contributed by atoms with E-state index in [4.69, 9.17) is 17.3 Å². The van der Waals surface area contributed by atoms with Gasteiger partial charge in [0.05, 0.1) is 5.02 Å². The summed E-state index contributed by atoms with van der Waals surface area (Å²) >= 11 is 5.62. The lowest BCUT2D eigenvalue weighted by Gasteiger charge is -2.04. The molecule has 0 amide bonds. The van der Waals surface area contributed by atoms with Crippen molar-refractivity contribution >= 4 is 24.0 Å². The van der Waals surface area contributed by atoms with E-state index in [0.29, 0.717) is 6.54 Å². The molecule has 0 aliphatic carbocycles. The first-order valence-corrected chi connectivity index (χ1v) is 5.33. The lowest BCUT2D eigenvalue weighted by Crippen LogP contribution is -1.95. The fraction of sp³-hybridized carbons (Fsp3) is 0.0769. The number of hydrogen-bond donors (Lipinski definition) is 1. The van der Waals surface area contributed by atoms with Gasteiger partial charge in [-0.2, -0.15) is 0 Å². The van der Waals surface area contributed by atoms with Gasteiger partial charge in [-0.1, -0.05) is 41.9 Å². The third kappa shape index (κ3) is 3.19. The zero-order chi connectivity index (χ0) is 11.5. The van der Waals surface area contributed by atoms with E-state index < -0.39 is 5.82 Å².